The van der Waals surface area contributed by atoms with Crippen molar-refractivity contribution in [3.8, 4) is 22.3 Å². The lowest BCUT2D eigenvalue weighted by Gasteiger charge is -2.35. The third kappa shape index (κ3) is 13.4. The third-order valence-corrected chi connectivity index (χ3v) is 14.0. The van der Waals surface area contributed by atoms with Crippen molar-refractivity contribution in [3.63, 3.8) is 0 Å². The van der Waals surface area contributed by atoms with Crippen LogP contribution in [-0.2, 0) is 34.8 Å². The van der Waals surface area contributed by atoms with E-state index in [0.29, 0.717) is 64.3 Å². The predicted octanol–water partition coefficient (Wildman–Crippen LogP) is 9.58. The van der Waals surface area contributed by atoms with E-state index < -0.39 is 69.5 Å². The maximum atomic E-state index is 15.3. The van der Waals surface area contributed by atoms with E-state index in [1.165, 1.54) is 19.9 Å². The Balaban J connectivity index is 0.874. The molecule has 0 radical (unpaired) electrons. The first-order chi connectivity index (χ1) is 34.4. The van der Waals surface area contributed by atoms with Crippen LogP contribution in [0.2, 0.25) is 0 Å². The van der Waals surface area contributed by atoms with Crippen molar-refractivity contribution in [2.45, 2.75) is 117 Å². The molecule has 1 aromatic heterocycles. The van der Waals surface area contributed by atoms with Crippen LogP contribution in [0.25, 0.3) is 10.4 Å². The minimum Gasteiger partial charge on any atom is -0.488 e. The van der Waals surface area contributed by atoms with E-state index in [9.17, 15) is 37.6 Å². The largest absolute Gasteiger partial charge is 0.488 e. The van der Waals surface area contributed by atoms with E-state index in [2.05, 4.69) is 15.6 Å². The highest BCUT2D eigenvalue weighted by Gasteiger charge is 2.51. The Morgan fingerprint density at radius 1 is 0.932 bits per heavy atom. The van der Waals surface area contributed by atoms with Crippen LogP contribution in [0.5, 0.6) is 5.75 Å². The van der Waals surface area contributed by atoms with Gasteiger partial charge in [0.1, 0.15) is 24.2 Å². The van der Waals surface area contributed by atoms with Crippen molar-refractivity contribution >= 4 is 63.7 Å². The molecule has 392 valence electrons. The molecule has 3 heterocycles. The number of rotatable bonds is 21. The van der Waals surface area contributed by atoms with Crippen LogP contribution in [-0.4, -0.2) is 95.8 Å². The number of amides is 4. The van der Waals surface area contributed by atoms with E-state index in [0.717, 1.165) is 55.8 Å². The molecule has 2 aliphatic heterocycles. The molecule has 0 saturated carbocycles. The van der Waals surface area contributed by atoms with E-state index >= 15 is 8.78 Å². The highest BCUT2D eigenvalue weighted by atomic mass is 32.1. The molecule has 14 nitrogen and oxygen atoms in total. The van der Waals surface area contributed by atoms with Gasteiger partial charge in [-0.2, -0.15) is 18.4 Å². The first-order valence-corrected chi connectivity index (χ1v) is 25.2. The molecule has 2 aliphatic rings. The topological polar surface area (TPSA) is 166 Å². The van der Waals surface area contributed by atoms with E-state index in [-0.39, 0.29) is 54.2 Å². The zero-order chi connectivity index (χ0) is 53.4. The number of ether oxygens (including phenoxy) is 3. The fourth-order valence-electron chi connectivity index (χ4n) is 8.68. The first-order valence-electron chi connectivity index (χ1n) is 23.9. The van der Waals surface area contributed by atoms with Crippen molar-refractivity contribution in [1.82, 2.24) is 20.5 Å². The SMILES string of the molecule is Cc1ncsc1-c1ccc([C@H](C)NC(=O)[C@@H]2CCCN2C(=O)C(NC(=O)COCCCOCCCCCOc2c(F)cc(N3C(=S)N(c4ccc(C#N)c(C(F)(F)F)c4)C(=O)C3(C)C)cc2F)C(C)(C)C)cc1. The summed E-state index contributed by atoms with van der Waals surface area (Å²) in [5, 5.41) is 14.8. The number of hydrogen-bond donors (Lipinski definition) is 2. The van der Waals surface area contributed by atoms with Crippen molar-refractivity contribution in [2.24, 2.45) is 5.41 Å². The van der Waals surface area contributed by atoms with Gasteiger partial charge in [0.05, 0.1) is 57.3 Å². The number of anilines is 2. The van der Waals surface area contributed by atoms with Crippen LogP contribution in [0.1, 0.15) is 108 Å². The first kappa shape index (κ1) is 56.2. The molecule has 2 saturated heterocycles. The Labute approximate surface area is 431 Å². The standard InChI is InChI=1S/C52H60F5N7O7S2/c1-31(33-14-16-34(17-15-33)44-32(2)59-30-73-44)60-46(66)41-13-11-20-62(41)47(67)45(50(3,4)5)61-42(65)29-70-23-12-22-69-21-9-8-10-24-71-43-39(53)26-37(27-40(43)54)64-49(72)63(48(68)51(64,6)7)36-19-18-35(28-58)38(25-36)52(55,56)57/h14-19,25-27,30-31,41,45H,8-13,20-24,29H2,1-7H3,(H,60,66)(H,61,65)/t31-,41-,45?/m0/s1. The van der Waals surface area contributed by atoms with Gasteiger partial charge in [-0.3, -0.25) is 24.1 Å². The predicted molar refractivity (Wildman–Crippen MR) is 270 cm³/mol. The average Bonchev–Trinajstić information content (AvgIpc) is 4.04. The molecule has 6 rings (SSSR count). The fourth-order valence-corrected chi connectivity index (χ4v) is 10.0. The number of alkyl halides is 3. The normalized spacial score (nSPS) is 16.6. The highest BCUT2D eigenvalue weighted by molar-refractivity contribution is 7.81. The van der Waals surface area contributed by atoms with Gasteiger partial charge in [-0.15, -0.1) is 11.3 Å². The average molecular weight is 1050 g/mol. The second-order valence-electron chi connectivity index (χ2n) is 19.5. The van der Waals surface area contributed by atoms with Crippen LogP contribution in [0.4, 0.5) is 33.3 Å². The van der Waals surface area contributed by atoms with Crippen LogP contribution >= 0.6 is 23.6 Å². The van der Waals surface area contributed by atoms with Crippen molar-refractivity contribution in [2.75, 3.05) is 49.4 Å². The molecule has 1 unspecified atom stereocenters. The van der Waals surface area contributed by atoms with Crippen LogP contribution in [0.15, 0.2) is 60.1 Å². The van der Waals surface area contributed by atoms with Crippen molar-refractivity contribution in [3.05, 3.63) is 94.1 Å². The summed E-state index contributed by atoms with van der Waals surface area (Å²) in [6.07, 6.45) is -1.58. The summed E-state index contributed by atoms with van der Waals surface area (Å²) in [6, 6.07) is 12.1. The van der Waals surface area contributed by atoms with E-state index in [4.69, 9.17) is 26.4 Å². The van der Waals surface area contributed by atoms with Gasteiger partial charge in [0.15, 0.2) is 22.5 Å². The Bertz CT molecular complexity index is 2680. The van der Waals surface area contributed by atoms with Crippen LogP contribution in [0, 0.1) is 35.3 Å². The van der Waals surface area contributed by atoms with Gasteiger partial charge in [0.2, 0.25) is 17.7 Å². The van der Waals surface area contributed by atoms with Gasteiger partial charge >= 0.3 is 6.18 Å². The molecule has 0 bridgehead atoms. The van der Waals surface area contributed by atoms with E-state index in [1.54, 1.807) is 16.2 Å². The highest BCUT2D eigenvalue weighted by Crippen LogP contribution is 2.41. The molecule has 73 heavy (non-hydrogen) atoms. The number of nitriles is 1. The Kier molecular flexibility index (Phi) is 18.4. The zero-order valence-electron chi connectivity index (χ0n) is 41.8. The van der Waals surface area contributed by atoms with Gasteiger partial charge in [-0.1, -0.05) is 45.0 Å². The number of nitrogens with zero attached hydrogens (tertiary/aromatic N) is 5. The number of aryl methyl sites for hydroxylation is 1. The second-order valence-corrected chi connectivity index (χ2v) is 20.7. The molecular weight excluding hydrogens is 994 g/mol. The van der Waals surface area contributed by atoms with Crippen LogP contribution in [0.3, 0.4) is 0 Å². The Hall–Kier alpha value is -6.08. The summed E-state index contributed by atoms with van der Waals surface area (Å²) in [5.41, 5.74) is 0.198. The smallest absolute Gasteiger partial charge is 0.417 e. The number of nitrogens with one attached hydrogen (secondary N) is 2. The Morgan fingerprint density at radius 3 is 2.22 bits per heavy atom. The monoisotopic (exact) mass is 1050 g/mol. The molecule has 3 atom stereocenters. The lowest BCUT2D eigenvalue weighted by molar-refractivity contribution is -0.144. The summed E-state index contributed by atoms with van der Waals surface area (Å²) in [4.78, 5) is 63.1. The molecule has 0 aliphatic carbocycles. The number of thiocarbonyl (C=S) groups is 1. The summed E-state index contributed by atoms with van der Waals surface area (Å²) in [5.74, 6) is -4.59. The molecule has 2 N–H and O–H groups in total. The second kappa shape index (κ2) is 23.9. The van der Waals surface area contributed by atoms with Gasteiger partial charge in [0.25, 0.3) is 5.91 Å². The molecule has 0 spiro atoms. The number of thiazole rings is 1. The summed E-state index contributed by atoms with van der Waals surface area (Å²) in [7, 11) is 0. The summed E-state index contributed by atoms with van der Waals surface area (Å²) in [6.45, 7) is 13.3. The number of benzene rings is 3. The quantitative estimate of drug-likeness (QED) is 0.0464. The molecular formula is C52H60F5N7O7S2. The number of halogens is 5. The van der Waals surface area contributed by atoms with Crippen molar-refractivity contribution < 1.29 is 55.3 Å². The fraction of sp³-hybridized carbons (Fsp3) is 0.481. The number of hydrogen-bond acceptors (Lipinski definition) is 11. The minimum atomic E-state index is -4.90. The van der Waals surface area contributed by atoms with Crippen LogP contribution < -0.4 is 25.2 Å². The van der Waals surface area contributed by atoms with Crippen molar-refractivity contribution in [1.29, 1.82) is 5.26 Å². The Morgan fingerprint density at radius 2 is 1.59 bits per heavy atom. The van der Waals surface area contributed by atoms with Gasteiger partial charge in [0, 0.05) is 38.5 Å². The number of carbonyl (C=O) groups excluding carboxylic acids is 4. The number of aromatic nitrogens is 1. The number of carbonyl (C=O) groups is 4. The van der Waals surface area contributed by atoms with Gasteiger partial charge in [-0.05, 0) is 113 Å². The minimum absolute atomic E-state index is 0.0248. The lowest BCUT2D eigenvalue weighted by atomic mass is 9.85. The molecule has 4 aromatic rings. The molecule has 21 heteroatoms. The maximum absolute atomic E-state index is 15.3. The third-order valence-electron chi connectivity index (χ3n) is 12.6. The van der Waals surface area contributed by atoms with Gasteiger partial charge in [-0.25, -0.2) is 13.8 Å². The maximum Gasteiger partial charge on any atom is 0.417 e. The number of unbranched alkanes of at least 4 members (excludes halogenated alkanes) is 2. The molecule has 3 aromatic carbocycles. The number of likely N-dealkylation sites (tertiary alicyclic amines) is 1. The summed E-state index contributed by atoms with van der Waals surface area (Å²) < 4.78 is 88.5. The lowest BCUT2D eigenvalue weighted by Crippen LogP contribution is -2.58. The summed E-state index contributed by atoms with van der Waals surface area (Å²) >= 11 is 7.04. The van der Waals surface area contributed by atoms with Gasteiger partial charge < -0.3 is 34.6 Å². The molecule has 4 amide bonds. The molecule has 2 fully saturated rings. The zero-order valence-corrected chi connectivity index (χ0v) is 43.4. The van der Waals surface area contributed by atoms with E-state index in [1.807, 2.05) is 64.4 Å².